The number of piperidine rings is 1. The molecule has 0 aliphatic carbocycles. The third-order valence-electron chi connectivity index (χ3n) is 4.02. The number of benzene rings is 1. The number of nitrogens with two attached hydrogens (primary N) is 1. The van der Waals surface area contributed by atoms with Crippen molar-refractivity contribution < 1.29 is 14.3 Å². The van der Waals surface area contributed by atoms with E-state index in [2.05, 4.69) is 5.32 Å². The van der Waals surface area contributed by atoms with Crippen LogP contribution in [0.3, 0.4) is 0 Å². The molecule has 1 aromatic rings. The number of hydrogen-bond acceptors (Lipinski definition) is 4. The smallest absolute Gasteiger partial charge is 0.262 e. The number of ether oxygens (including phenoxy) is 1. The van der Waals surface area contributed by atoms with Crippen molar-refractivity contribution in [1.29, 1.82) is 0 Å². The van der Waals surface area contributed by atoms with Crippen LogP contribution in [0.15, 0.2) is 18.2 Å². The minimum absolute atomic E-state index is 0.0155. The highest BCUT2D eigenvalue weighted by Crippen LogP contribution is 2.29. The van der Waals surface area contributed by atoms with Crippen LogP contribution in [0.2, 0.25) is 0 Å². The first-order valence-corrected chi connectivity index (χ1v) is 7.27. The van der Waals surface area contributed by atoms with E-state index >= 15 is 0 Å². The van der Waals surface area contributed by atoms with Gasteiger partial charge in [-0.15, -0.1) is 0 Å². The number of nitrogens with one attached hydrogen (secondary N) is 1. The van der Waals surface area contributed by atoms with Gasteiger partial charge in [0.15, 0.2) is 6.61 Å². The average Bonchev–Trinajstić information content (AvgIpc) is 2.53. The van der Waals surface area contributed by atoms with Crippen molar-refractivity contribution in [1.82, 2.24) is 4.90 Å². The number of rotatable bonds is 2. The first-order chi connectivity index (χ1) is 10.2. The fourth-order valence-electron chi connectivity index (χ4n) is 2.89. The van der Waals surface area contributed by atoms with E-state index in [0.717, 1.165) is 25.8 Å². The molecule has 3 rings (SSSR count). The molecule has 2 heterocycles. The highest BCUT2D eigenvalue weighted by atomic mass is 16.5. The summed E-state index contributed by atoms with van der Waals surface area (Å²) in [4.78, 5) is 25.9. The summed E-state index contributed by atoms with van der Waals surface area (Å²) in [6.45, 7) is 1.23. The highest BCUT2D eigenvalue weighted by Gasteiger charge is 2.27. The van der Waals surface area contributed by atoms with Gasteiger partial charge in [0, 0.05) is 24.7 Å². The van der Waals surface area contributed by atoms with Crippen molar-refractivity contribution in [2.45, 2.75) is 25.3 Å². The Morgan fingerprint density at radius 3 is 3.10 bits per heavy atom. The lowest BCUT2D eigenvalue weighted by Gasteiger charge is -2.35. The van der Waals surface area contributed by atoms with Gasteiger partial charge in [-0.3, -0.25) is 9.59 Å². The molecule has 0 saturated carbocycles. The molecule has 1 unspecified atom stereocenters. The summed E-state index contributed by atoms with van der Waals surface area (Å²) in [6.07, 6.45) is 3.07. The maximum absolute atomic E-state index is 12.7. The SMILES string of the molecule is NCC1CCCCN1C(=O)c1ccc2c(c1)NC(=O)CO2. The first kappa shape index (κ1) is 13.9. The fourth-order valence-corrected chi connectivity index (χ4v) is 2.89. The van der Waals surface area contributed by atoms with E-state index in [1.165, 1.54) is 0 Å². The number of carbonyl (C=O) groups excluding carboxylic acids is 2. The summed E-state index contributed by atoms with van der Waals surface area (Å²) in [7, 11) is 0. The van der Waals surface area contributed by atoms with E-state index in [1.807, 2.05) is 4.90 Å². The number of amides is 2. The monoisotopic (exact) mass is 289 g/mol. The third-order valence-corrected chi connectivity index (χ3v) is 4.02. The second-order valence-electron chi connectivity index (χ2n) is 5.43. The molecule has 2 aliphatic heterocycles. The molecule has 0 bridgehead atoms. The van der Waals surface area contributed by atoms with Crippen LogP contribution < -0.4 is 15.8 Å². The van der Waals surface area contributed by atoms with E-state index in [9.17, 15) is 9.59 Å². The second kappa shape index (κ2) is 5.73. The molecule has 6 heteroatoms. The number of fused-ring (bicyclic) bond motifs is 1. The fraction of sp³-hybridized carbons (Fsp3) is 0.467. The Bertz CT molecular complexity index is 573. The van der Waals surface area contributed by atoms with Gasteiger partial charge in [-0.2, -0.15) is 0 Å². The average molecular weight is 289 g/mol. The Kier molecular flexibility index (Phi) is 3.79. The zero-order valence-electron chi connectivity index (χ0n) is 11.8. The molecule has 1 saturated heterocycles. The van der Waals surface area contributed by atoms with E-state index in [4.69, 9.17) is 10.5 Å². The van der Waals surface area contributed by atoms with E-state index < -0.39 is 0 Å². The quantitative estimate of drug-likeness (QED) is 0.849. The van der Waals surface area contributed by atoms with Crippen molar-refractivity contribution in [2.24, 2.45) is 5.73 Å². The Morgan fingerprint density at radius 1 is 1.43 bits per heavy atom. The van der Waals surface area contributed by atoms with Crippen LogP contribution in [0.4, 0.5) is 5.69 Å². The minimum Gasteiger partial charge on any atom is -0.482 e. The topological polar surface area (TPSA) is 84.7 Å². The largest absolute Gasteiger partial charge is 0.482 e. The number of likely N-dealkylation sites (tertiary alicyclic amines) is 1. The molecular formula is C15H19N3O3. The van der Waals surface area contributed by atoms with E-state index in [1.54, 1.807) is 18.2 Å². The number of carbonyl (C=O) groups is 2. The number of nitrogens with zero attached hydrogens (tertiary/aromatic N) is 1. The normalized spacial score (nSPS) is 21.3. The maximum Gasteiger partial charge on any atom is 0.262 e. The Morgan fingerprint density at radius 2 is 2.29 bits per heavy atom. The van der Waals surface area contributed by atoms with Gasteiger partial charge in [0.2, 0.25) is 0 Å². The molecule has 1 fully saturated rings. The molecule has 1 atom stereocenters. The van der Waals surface area contributed by atoms with Gasteiger partial charge in [0.25, 0.3) is 11.8 Å². The predicted octanol–water partition coefficient (Wildman–Crippen LogP) is 0.971. The van der Waals surface area contributed by atoms with Crippen LogP contribution in [0.25, 0.3) is 0 Å². The van der Waals surface area contributed by atoms with Gasteiger partial charge < -0.3 is 20.7 Å². The second-order valence-corrected chi connectivity index (χ2v) is 5.43. The Hall–Kier alpha value is -2.08. The van der Waals surface area contributed by atoms with Crippen LogP contribution in [0, 0.1) is 0 Å². The van der Waals surface area contributed by atoms with Gasteiger partial charge >= 0.3 is 0 Å². The molecular weight excluding hydrogens is 270 g/mol. The number of hydrogen-bond donors (Lipinski definition) is 2. The van der Waals surface area contributed by atoms with E-state index in [-0.39, 0.29) is 24.5 Å². The maximum atomic E-state index is 12.7. The highest BCUT2D eigenvalue weighted by molar-refractivity contribution is 6.00. The van der Waals surface area contributed by atoms with Gasteiger partial charge in [-0.05, 0) is 37.5 Å². The van der Waals surface area contributed by atoms with Crippen molar-refractivity contribution in [2.75, 3.05) is 25.0 Å². The summed E-state index contributed by atoms with van der Waals surface area (Å²) in [5.74, 6) is 0.359. The molecule has 2 aliphatic rings. The van der Waals surface area contributed by atoms with Gasteiger partial charge in [-0.25, -0.2) is 0 Å². The molecule has 6 nitrogen and oxygen atoms in total. The molecule has 0 spiro atoms. The van der Waals surface area contributed by atoms with Crippen molar-refractivity contribution >= 4 is 17.5 Å². The Labute approximate surface area is 123 Å². The molecule has 3 N–H and O–H groups in total. The van der Waals surface area contributed by atoms with Crippen LogP contribution >= 0.6 is 0 Å². The predicted molar refractivity (Wildman–Crippen MR) is 78.3 cm³/mol. The zero-order valence-corrected chi connectivity index (χ0v) is 11.8. The van der Waals surface area contributed by atoms with Crippen molar-refractivity contribution in [3.8, 4) is 5.75 Å². The lowest BCUT2D eigenvalue weighted by atomic mass is 10.0. The molecule has 2 amide bonds. The minimum atomic E-state index is -0.204. The summed E-state index contributed by atoms with van der Waals surface area (Å²) in [5, 5.41) is 2.72. The zero-order chi connectivity index (χ0) is 14.8. The summed E-state index contributed by atoms with van der Waals surface area (Å²) in [5.41, 5.74) is 6.88. The number of anilines is 1. The van der Waals surface area contributed by atoms with Gasteiger partial charge in [0.05, 0.1) is 5.69 Å². The van der Waals surface area contributed by atoms with Crippen LogP contribution in [0.5, 0.6) is 5.75 Å². The molecule has 112 valence electrons. The summed E-state index contributed by atoms with van der Waals surface area (Å²) < 4.78 is 5.30. The van der Waals surface area contributed by atoms with E-state index in [0.29, 0.717) is 23.5 Å². The third kappa shape index (κ3) is 2.71. The van der Waals surface area contributed by atoms with Crippen molar-refractivity contribution in [3.63, 3.8) is 0 Å². The van der Waals surface area contributed by atoms with Gasteiger partial charge in [0.1, 0.15) is 5.75 Å². The van der Waals surface area contributed by atoms with Crippen LogP contribution in [0.1, 0.15) is 29.6 Å². The summed E-state index contributed by atoms with van der Waals surface area (Å²) >= 11 is 0. The van der Waals surface area contributed by atoms with Crippen LogP contribution in [-0.4, -0.2) is 42.5 Å². The lowest BCUT2D eigenvalue weighted by Crippen LogP contribution is -2.47. The standard InChI is InChI=1S/C15H19N3O3/c16-8-11-3-1-2-6-18(11)15(20)10-4-5-13-12(7-10)17-14(19)9-21-13/h4-5,7,11H,1-3,6,8-9,16H2,(H,17,19). The van der Waals surface area contributed by atoms with Crippen LogP contribution in [-0.2, 0) is 4.79 Å². The molecule has 21 heavy (non-hydrogen) atoms. The van der Waals surface area contributed by atoms with Gasteiger partial charge in [-0.1, -0.05) is 0 Å². The van der Waals surface area contributed by atoms with Crippen molar-refractivity contribution in [3.05, 3.63) is 23.8 Å². The summed E-state index contributed by atoms with van der Waals surface area (Å²) in [6, 6.07) is 5.24. The molecule has 1 aromatic carbocycles. The molecule has 0 aromatic heterocycles. The lowest BCUT2D eigenvalue weighted by molar-refractivity contribution is -0.118. The molecule has 0 radical (unpaired) electrons. The first-order valence-electron chi connectivity index (χ1n) is 7.27. The Balaban J connectivity index is 1.84.